The molecule has 2 unspecified atom stereocenters. The Labute approximate surface area is 151 Å². The summed E-state index contributed by atoms with van der Waals surface area (Å²) in [6, 6.07) is 0. The highest BCUT2D eigenvalue weighted by molar-refractivity contribution is 7.89. The van der Waals surface area contributed by atoms with Crippen molar-refractivity contribution in [2.75, 3.05) is 31.9 Å². The Kier molecular flexibility index (Phi) is 6.15. The topological polar surface area (TPSA) is 74.8 Å². The molecular formula is C18H30N2O4S. The minimum atomic E-state index is -3.28. The molecule has 0 radical (unpaired) electrons. The Hall–Kier alpha value is -0.950. The number of hydrogen-bond acceptors (Lipinski definition) is 4. The highest BCUT2D eigenvalue weighted by Gasteiger charge is 2.35. The number of nitrogens with zero attached hydrogens (tertiary/aromatic N) is 2. The number of sulfonamides is 1. The van der Waals surface area contributed by atoms with Crippen LogP contribution in [0, 0.1) is 11.8 Å². The zero-order valence-electron chi connectivity index (χ0n) is 15.0. The van der Waals surface area contributed by atoms with Crippen molar-refractivity contribution in [1.82, 2.24) is 9.21 Å². The Morgan fingerprint density at radius 1 is 1.04 bits per heavy atom. The smallest absolute Gasteiger partial charge is 0.222 e. The minimum Gasteiger partial charge on any atom is -0.335 e. The maximum atomic E-state index is 12.6. The fourth-order valence-electron chi connectivity index (χ4n) is 4.56. The lowest BCUT2D eigenvalue weighted by molar-refractivity contribution is -0.137. The van der Waals surface area contributed by atoms with Gasteiger partial charge in [0.25, 0.3) is 0 Å². The molecule has 3 rings (SSSR count). The minimum absolute atomic E-state index is 0.0396. The lowest BCUT2D eigenvalue weighted by Gasteiger charge is -2.40. The number of rotatable bonds is 5. The molecule has 2 heterocycles. The van der Waals surface area contributed by atoms with Gasteiger partial charge in [0.15, 0.2) is 5.78 Å². The Balaban J connectivity index is 1.45. The van der Waals surface area contributed by atoms with Crippen LogP contribution in [0.15, 0.2) is 0 Å². The van der Waals surface area contributed by atoms with Crippen LogP contribution in [0.25, 0.3) is 0 Å². The van der Waals surface area contributed by atoms with Crippen LogP contribution < -0.4 is 0 Å². The number of ketones is 1. The molecular weight excluding hydrogens is 340 g/mol. The molecule has 3 aliphatic rings. The number of carbonyl (C=O) groups is 2. The van der Waals surface area contributed by atoms with Crippen LogP contribution in [0.2, 0.25) is 0 Å². The fraction of sp³-hybridized carbons (Fsp3) is 0.889. The van der Waals surface area contributed by atoms with Gasteiger partial charge in [0.2, 0.25) is 15.9 Å². The van der Waals surface area contributed by atoms with E-state index < -0.39 is 10.0 Å². The predicted octanol–water partition coefficient (Wildman–Crippen LogP) is 1.80. The molecule has 1 amide bonds. The van der Waals surface area contributed by atoms with Crippen LogP contribution >= 0.6 is 0 Å². The number of amides is 1. The summed E-state index contributed by atoms with van der Waals surface area (Å²) in [6.07, 6.45) is 7.73. The van der Waals surface area contributed by atoms with Crippen LogP contribution in [0.1, 0.15) is 57.8 Å². The number of carbonyl (C=O) groups excluding carboxylic acids is 2. The Bertz CT molecular complexity index is 604. The van der Waals surface area contributed by atoms with Crippen molar-refractivity contribution in [1.29, 1.82) is 0 Å². The van der Waals surface area contributed by atoms with Crippen molar-refractivity contribution in [2.45, 2.75) is 57.8 Å². The molecule has 0 aromatic carbocycles. The quantitative estimate of drug-likeness (QED) is 0.740. The number of piperidine rings is 2. The van der Waals surface area contributed by atoms with Gasteiger partial charge in [0.1, 0.15) is 0 Å². The number of fused-ring (bicyclic) bond motifs is 1. The van der Waals surface area contributed by atoms with E-state index in [2.05, 4.69) is 0 Å². The highest BCUT2D eigenvalue weighted by Crippen LogP contribution is 2.36. The third-order valence-electron chi connectivity index (χ3n) is 6.04. The molecule has 2 aliphatic heterocycles. The largest absolute Gasteiger partial charge is 0.335 e. The van der Waals surface area contributed by atoms with Gasteiger partial charge in [0.05, 0.1) is 12.3 Å². The molecule has 2 atom stereocenters. The molecule has 2 saturated heterocycles. The van der Waals surface area contributed by atoms with Crippen molar-refractivity contribution in [2.24, 2.45) is 11.8 Å². The molecule has 0 N–H and O–H groups in total. The van der Waals surface area contributed by atoms with Crippen LogP contribution in [-0.4, -0.2) is 61.2 Å². The number of Topliss-reactive ketones (excluding diaryl/α,β-unsaturated/α-hetero) is 1. The first kappa shape index (κ1) is 18.8. The summed E-state index contributed by atoms with van der Waals surface area (Å²) in [4.78, 5) is 25.2. The summed E-state index contributed by atoms with van der Waals surface area (Å²) in [7, 11) is -3.28. The second kappa shape index (κ2) is 8.16. The normalized spacial score (nSPS) is 28.6. The number of likely N-dealkylation sites (tertiary alicyclic amines) is 1. The molecule has 25 heavy (non-hydrogen) atoms. The van der Waals surface area contributed by atoms with Gasteiger partial charge >= 0.3 is 0 Å². The van der Waals surface area contributed by atoms with Crippen molar-refractivity contribution in [3.63, 3.8) is 0 Å². The lowest BCUT2D eigenvalue weighted by atomic mass is 9.76. The second-order valence-electron chi connectivity index (χ2n) is 7.83. The average molecular weight is 371 g/mol. The van der Waals surface area contributed by atoms with Crippen molar-refractivity contribution >= 4 is 21.7 Å². The summed E-state index contributed by atoms with van der Waals surface area (Å²) in [6.45, 7) is 2.12. The summed E-state index contributed by atoms with van der Waals surface area (Å²) >= 11 is 0. The van der Waals surface area contributed by atoms with E-state index in [1.165, 1.54) is 19.3 Å². The van der Waals surface area contributed by atoms with E-state index >= 15 is 0 Å². The monoisotopic (exact) mass is 370 g/mol. The van der Waals surface area contributed by atoms with Gasteiger partial charge in [0, 0.05) is 32.5 Å². The van der Waals surface area contributed by atoms with Gasteiger partial charge < -0.3 is 4.90 Å². The van der Waals surface area contributed by atoms with E-state index in [0.29, 0.717) is 44.3 Å². The first-order valence-electron chi connectivity index (χ1n) is 9.73. The molecule has 7 heteroatoms. The van der Waals surface area contributed by atoms with E-state index in [4.69, 9.17) is 0 Å². The molecule has 142 valence electrons. The zero-order chi connectivity index (χ0) is 17.9. The van der Waals surface area contributed by atoms with E-state index in [-0.39, 0.29) is 30.4 Å². The summed E-state index contributed by atoms with van der Waals surface area (Å²) < 4.78 is 26.9. The van der Waals surface area contributed by atoms with E-state index in [1.807, 2.05) is 0 Å². The highest BCUT2D eigenvalue weighted by atomic mass is 32.2. The fourth-order valence-corrected chi connectivity index (χ4v) is 6.13. The van der Waals surface area contributed by atoms with Crippen LogP contribution in [0.4, 0.5) is 0 Å². The van der Waals surface area contributed by atoms with Gasteiger partial charge in [-0.15, -0.1) is 0 Å². The Morgan fingerprint density at radius 2 is 1.80 bits per heavy atom. The molecule has 0 spiro atoms. The summed E-state index contributed by atoms with van der Waals surface area (Å²) in [5.41, 5.74) is 0. The third kappa shape index (κ3) is 4.82. The van der Waals surface area contributed by atoms with Crippen molar-refractivity contribution in [3.05, 3.63) is 0 Å². The van der Waals surface area contributed by atoms with Gasteiger partial charge in [-0.2, -0.15) is 0 Å². The number of hydrogen-bond donors (Lipinski definition) is 0. The van der Waals surface area contributed by atoms with Crippen LogP contribution in [-0.2, 0) is 19.6 Å². The molecule has 6 nitrogen and oxygen atoms in total. The van der Waals surface area contributed by atoms with Gasteiger partial charge in [-0.05, 0) is 37.5 Å². The first-order chi connectivity index (χ1) is 12.0. The van der Waals surface area contributed by atoms with Gasteiger partial charge in [-0.3, -0.25) is 9.59 Å². The average Bonchev–Trinajstić information content (AvgIpc) is 2.61. The van der Waals surface area contributed by atoms with Crippen molar-refractivity contribution < 1.29 is 18.0 Å². The SMILES string of the molecule is O=C1CCCN(C(=O)CCCS(=O)(=O)N2CCC3CCCCC3C2)C1. The predicted molar refractivity (Wildman–Crippen MR) is 95.5 cm³/mol. The maximum Gasteiger partial charge on any atom is 0.222 e. The first-order valence-corrected chi connectivity index (χ1v) is 11.3. The molecule has 0 aromatic rings. The summed E-state index contributed by atoms with van der Waals surface area (Å²) in [5, 5.41) is 0. The molecule has 1 aliphatic carbocycles. The molecule has 0 bridgehead atoms. The van der Waals surface area contributed by atoms with Gasteiger partial charge in [-0.25, -0.2) is 12.7 Å². The standard InChI is InChI=1S/C18H30N2O4S/c21-17-7-3-10-19(14-17)18(22)8-4-12-25(23,24)20-11-9-15-5-1-2-6-16(15)13-20/h15-16H,1-14H2. The van der Waals surface area contributed by atoms with Crippen LogP contribution in [0.5, 0.6) is 0 Å². The zero-order valence-corrected chi connectivity index (χ0v) is 15.8. The third-order valence-corrected chi connectivity index (χ3v) is 7.97. The lowest BCUT2D eigenvalue weighted by Crippen LogP contribution is -2.45. The Morgan fingerprint density at radius 3 is 2.56 bits per heavy atom. The molecule has 0 aromatic heterocycles. The van der Waals surface area contributed by atoms with E-state index in [0.717, 1.165) is 19.3 Å². The summed E-state index contributed by atoms with van der Waals surface area (Å²) in [5.74, 6) is 1.28. The van der Waals surface area contributed by atoms with Crippen LogP contribution in [0.3, 0.4) is 0 Å². The second-order valence-corrected chi connectivity index (χ2v) is 9.92. The van der Waals surface area contributed by atoms with E-state index in [9.17, 15) is 18.0 Å². The van der Waals surface area contributed by atoms with E-state index in [1.54, 1.807) is 9.21 Å². The molecule has 1 saturated carbocycles. The van der Waals surface area contributed by atoms with Gasteiger partial charge in [-0.1, -0.05) is 19.3 Å². The van der Waals surface area contributed by atoms with Crippen molar-refractivity contribution in [3.8, 4) is 0 Å². The molecule has 3 fully saturated rings. The maximum absolute atomic E-state index is 12.6.